The van der Waals surface area contributed by atoms with Gasteiger partial charge in [0, 0.05) is 5.25 Å². The predicted octanol–water partition coefficient (Wildman–Crippen LogP) is 2.34. The molecule has 0 bridgehead atoms. The summed E-state index contributed by atoms with van der Waals surface area (Å²) in [4.78, 5) is 0. The van der Waals surface area contributed by atoms with E-state index in [4.69, 9.17) is 27.9 Å². The Morgan fingerprint density at radius 2 is 2.11 bits per heavy atom. The quantitative estimate of drug-likeness (QED) is 0.691. The summed E-state index contributed by atoms with van der Waals surface area (Å²) in [6.07, 6.45) is 1.08. The first kappa shape index (κ1) is 18.2. The van der Waals surface area contributed by atoms with Crippen LogP contribution in [-0.4, -0.2) is 5.44 Å². The van der Waals surface area contributed by atoms with Crippen molar-refractivity contribution < 1.29 is 73.6 Å². The third kappa shape index (κ3) is 5.17. The second kappa shape index (κ2) is 8.57. The molecule has 0 radical (unpaired) electrons. The number of hydrogen-bond acceptors (Lipinski definition) is 2. The zero-order valence-electron chi connectivity index (χ0n) is 10.8. The molecule has 0 saturated carbocycles. The van der Waals surface area contributed by atoms with Gasteiger partial charge in [0.1, 0.15) is 0 Å². The molecule has 1 nitrogen and oxygen atoms in total. The van der Waals surface area contributed by atoms with Gasteiger partial charge in [-0.25, -0.2) is 6.61 Å². The average molecular weight is 423 g/mol. The van der Waals surface area contributed by atoms with Crippen LogP contribution in [0, 0.1) is 12.5 Å². The first-order chi connectivity index (χ1) is 8.06. The molecule has 0 amide bonds. The summed E-state index contributed by atoms with van der Waals surface area (Å²) in [5.74, 6) is 0.550. The molecule has 0 N–H and O–H groups in total. The maximum atomic E-state index is 6.02. The monoisotopic (exact) mass is 422 g/mol. The fourth-order valence-electron chi connectivity index (χ4n) is 1.80. The van der Waals surface area contributed by atoms with Crippen molar-refractivity contribution in [2.45, 2.75) is 31.0 Å². The van der Waals surface area contributed by atoms with Crippen LogP contribution in [-0.2, 0) is 4.74 Å². The van der Waals surface area contributed by atoms with Crippen LogP contribution in [0.25, 0.3) is 0 Å². The van der Waals surface area contributed by atoms with E-state index in [0.29, 0.717) is 21.2 Å². The van der Waals surface area contributed by atoms with Gasteiger partial charge in [0.15, 0.2) is 0 Å². The van der Waals surface area contributed by atoms with Gasteiger partial charge in [0.2, 0.25) is 0 Å². The molecule has 1 aliphatic heterocycles. The van der Waals surface area contributed by atoms with Gasteiger partial charge in [0.05, 0.1) is 15.5 Å². The fraction of sp³-hybridized carbons (Fsp3) is 0.462. The van der Waals surface area contributed by atoms with E-state index >= 15 is 0 Å². The van der Waals surface area contributed by atoms with E-state index in [0.717, 1.165) is 6.42 Å². The third-order valence-electron chi connectivity index (χ3n) is 2.80. The zero-order valence-corrected chi connectivity index (χ0v) is 19.4. The van der Waals surface area contributed by atoms with Crippen molar-refractivity contribution in [2.75, 3.05) is 0 Å². The number of hydrogen-bond donors (Lipinski definition) is 0. The number of benzene rings is 1. The number of rotatable bonds is 3. The molecule has 0 spiro atoms. The Balaban J connectivity index is 0.00000162. The number of thioether (sulfide) groups is 1. The van der Waals surface area contributed by atoms with Crippen LogP contribution in [0.5, 0.6) is 0 Å². The summed E-state index contributed by atoms with van der Waals surface area (Å²) in [5.41, 5.74) is 1.45. The molecule has 18 heavy (non-hydrogen) atoms. The van der Waals surface area contributed by atoms with Gasteiger partial charge in [-0.2, -0.15) is 0 Å². The van der Waals surface area contributed by atoms with E-state index in [2.05, 4.69) is 13.8 Å². The van der Waals surface area contributed by atoms with Crippen molar-refractivity contribution in [3.63, 3.8) is 0 Å². The standard InChI is InChI=1S/C13H15Cl2OS.Cs/c1-8-5-13(16-7-8)17-9(2)10-3-4-11(14)12(15)6-10;/h3-4,6-9,13H,5H2,1-2H3;/q-1;+1/t8-,9-,13?;/m1./s1. The van der Waals surface area contributed by atoms with E-state index in [9.17, 15) is 0 Å². The molecule has 1 aromatic carbocycles. The van der Waals surface area contributed by atoms with E-state index in [1.165, 1.54) is 5.56 Å². The van der Waals surface area contributed by atoms with Crippen LogP contribution >= 0.6 is 35.0 Å². The van der Waals surface area contributed by atoms with Crippen LogP contribution in [0.1, 0.15) is 31.1 Å². The average Bonchev–Trinajstić information content (AvgIpc) is 2.68. The maximum absolute atomic E-state index is 6.02. The minimum Gasteiger partial charge on any atom is -0.542 e. The predicted molar refractivity (Wildman–Crippen MR) is 75.4 cm³/mol. The Morgan fingerprint density at radius 3 is 2.67 bits per heavy atom. The van der Waals surface area contributed by atoms with Crippen LogP contribution in [0.3, 0.4) is 0 Å². The van der Waals surface area contributed by atoms with Crippen molar-refractivity contribution >= 4 is 35.0 Å². The summed E-state index contributed by atoms with van der Waals surface area (Å²) in [7, 11) is 0. The first-order valence-corrected chi connectivity index (χ1v) is 7.35. The van der Waals surface area contributed by atoms with Crippen molar-refractivity contribution in [3.05, 3.63) is 40.4 Å². The zero-order chi connectivity index (χ0) is 12.4. The van der Waals surface area contributed by atoms with E-state index in [1.807, 2.05) is 36.6 Å². The van der Waals surface area contributed by atoms with Crippen LogP contribution in [0.2, 0.25) is 10.0 Å². The molecule has 94 valence electrons. The summed E-state index contributed by atoms with van der Waals surface area (Å²) in [6, 6.07) is 5.80. The smallest absolute Gasteiger partial charge is 0.542 e. The van der Waals surface area contributed by atoms with E-state index in [1.54, 1.807) is 0 Å². The summed E-state index contributed by atoms with van der Waals surface area (Å²) in [6.45, 7) is 6.26. The molecule has 1 aromatic rings. The molecule has 1 saturated heterocycles. The van der Waals surface area contributed by atoms with Gasteiger partial charge in [-0.1, -0.05) is 36.2 Å². The first-order valence-electron chi connectivity index (χ1n) is 5.65. The van der Waals surface area contributed by atoms with Crippen molar-refractivity contribution in [1.29, 1.82) is 0 Å². The van der Waals surface area contributed by atoms with Gasteiger partial charge >= 0.3 is 68.9 Å². The van der Waals surface area contributed by atoms with Crippen molar-refractivity contribution in [3.8, 4) is 0 Å². The third-order valence-corrected chi connectivity index (χ3v) is 4.82. The molecular weight excluding hydrogens is 408 g/mol. The van der Waals surface area contributed by atoms with Crippen molar-refractivity contribution in [1.82, 2.24) is 0 Å². The SMILES string of the molecule is C[C@H]1[CH-]OC(S[C@H](C)c2ccc(Cl)c(Cl)c2)C1.[Cs+]. The Hall–Kier alpha value is 2.16. The Morgan fingerprint density at radius 1 is 1.39 bits per heavy atom. The second-order valence-electron chi connectivity index (χ2n) is 4.37. The minimum absolute atomic E-state index is 0. The largest absolute Gasteiger partial charge is 1.00 e. The minimum atomic E-state index is 0. The van der Waals surface area contributed by atoms with Gasteiger partial charge in [-0.05, 0) is 31.0 Å². The van der Waals surface area contributed by atoms with E-state index in [-0.39, 0.29) is 74.3 Å². The molecule has 2 rings (SSSR count). The Kier molecular flexibility index (Phi) is 8.67. The van der Waals surface area contributed by atoms with Crippen LogP contribution in [0.4, 0.5) is 0 Å². The van der Waals surface area contributed by atoms with Crippen molar-refractivity contribution in [2.24, 2.45) is 5.92 Å². The molecule has 0 aromatic heterocycles. The van der Waals surface area contributed by atoms with Gasteiger partial charge < -0.3 is 4.74 Å². The topological polar surface area (TPSA) is 9.23 Å². The van der Waals surface area contributed by atoms with Gasteiger partial charge in [-0.3, -0.25) is 0 Å². The molecule has 5 heteroatoms. The summed E-state index contributed by atoms with van der Waals surface area (Å²) >= 11 is 13.7. The van der Waals surface area contributed by atoms with Crippen LogP contribution in [0.15, 0.2) is 18.2 Å². The molecular formula is C13H15Cl2CsOS. The molecule has 0 aliphatic carbocycles. The molecule has 1 fully saturated rings. The Labute approximate surface area is 182 Å². The fourth-order valence-corrected chi connectivity index (χ4v) is 3.40. The van der Waals surface area contributed by atoms with Gasteiger partial charge in [0.25, 0.3) is 0 Å². The second-order valence-corrected chi connectivity index (χ2v) is 6.69. The van der Waals surface area contributed by atoms with E-state index < -0.39 is 0 Å². The molecule has 1 unspecified atom stereocenters. The number of ether oxygens (including phenoxy) is 1. The summed E-state index contributed by atoms with van der Waals surface area (Å²) in [5, 5.41) is 1.57. The summed E-state index contributed by atoms with van der Waals surface area (Å²) < 4.78 is 5.59. The maximum Gasteiger partial charge on any atom is 1.00 e. The number of halogens is 2. The molecule has 1 aliphatic rings. The molecule has 1 heterocycles. The van der Waals surface area contributed by atoms with Gasteiger partial charge in [-0.15, -0.1) is 17.7 Å². The molecule has 3 atom stereocenters. The Bertz CT molecular complexity index is 403. The van der Waals surface area contributed by atoms with Crippen LogP contribution < -0.4 is 68.9 Å². The normalized spacial score (nSPS) is 24.7.